The summed E-state index contributed by atoms with van der Waals surface area (Å²) in [6.07, 6.45) is 40.7. The minimum Gasteiger partial charge on any atom is -0.744 e. The van der Waals surface area contributed by atoms with Gasteiger partial charge in [-0.15, -0.1) is 0 Å². The number of ether oxygens (including phenoxy) is 2. The van der Waals surface area contributed by atoms with Gasteiger partial charge in [-0.05, 0) is 56.0 Å². The number of allylic oxidation sites excluding steroid dienone is 2. The van der Waals surface area contributed by atoms with Gasteiger partial charge in [0.05, 0.1) is 28.5 Å². The van der Waals surface area contributed by atoms with E-state index in [2.05, 4.69) is 13.8 Å². The molecule has 1 aromatic carbocycles. The van der Waals surface area contributed by atoms with Crippen molar-refractivity contribution in [1.29, 1.82) is 0 Å². The van der Waals surface area contributed by atoms with Crippen molar-refractivity contribution in [2.45, 2.75) is 199 Å². The Morgan fingerprint density at radius 1 is 0.529 bits per heavy atom. The van der Waals surface area contributed by atoms with Crippen LogP contribution in [-0.4, -0.2) is 24.9 Å². The fraction of sp³-hybridized carbons (Fsp3) is 0.714. The van der Waals surface area contributed by atoms with E-state index >= 15 is 0 Å². The molecule has 7 nitrogen and oxygen atoms in total. The first-order chi connectivity index (χ1) is 24.3. The van der Waals surface area contributed by atoms with Gasteiger partial charge in [0.25, 0.3) is 0 Å². The molecule has 286 valence electrons. The second-order valence-electron chi connectivity index (χ2n) is 13.8. The maximum absolute atomic E-state index is 12.8. The molecular weight excluding hydrogens is 688 g/mol. The maximum atomic E-state index is 12.8. The number of hydrogen-bond donors (Lipinski definition) is 0. The molecule has 0 saturated heterocycles. The first kappa shape index (κ1) is 50.2. The van der Waals surface area contributed by atoms with Gasteiger partial charge < -0.3 is 14.0 Å². The Morgan fingerprint density at radius 3 is 1.18 bits per heavy atom. The molecule has 1 aromatic rings. The number of benzene rings is 1. The third kappa shape index (κ3) is 28.3. The van der Waals surface area contributed by atoms with E-state index in [0.29, 0.717) is 0 Å². The van der Waals surface area contributed by atoms with Gasteiger partial charge in [0.1, 0.15) is 10.1 Å². The molecule has 1 rings (SSSR count). The van der Waals surface area contributed by atoms with Gasteiger partial charge in [-0.1, -0.05) is 168 Å². The molecule has 0 spiro atoms. The summed E-state index contributed by atoms with van der Waals surface area (Å²) >= 11 is 0. The largest absolute Gasteiger partial charge is 1.00 e. The number of hydrogen-bond acceptors (Lipinski definition) is 7. The zero-order valence-corrected chi connectivity index (χ0v) is 36.5. The summed E-state index contributed by atoms with van der Waals surface area (Å²) in [6, 6.07) is 2.98. The standard InChI is InChI=1S/C42H70O7S.K/c1-3-5-7-9-11-13-15-17-19-21-23-25-27-29-31-35-48-41(43)39-34-33-38(50(45,46)47)37-40(39)42(44)49-36-32-30-28-26-24-22-20-18-16-14-12-10-8-6-4-2;/h31-37H,3-30H2,1-2H3,(H,45,46,47);/q;+1/p-1/b35-31+,36-32+;. The summed E-state index contributed by atoms with van der Waals surface area (Å²) in [5, 5.41) is 0. The van der Waals surface area contributed by atoms with Crippen molar-refractivity contribution in [3.05, 3.63) is 54.0 Å². The number of carbonyl (C=O) groups excluding carboxylic acids is 2. The quantitative estimate of drug-likeness (QED) is 0.0231. The topological polar surface area (TPSA) is 110 Å². The van der Waals surface area contributed by atoms with Gasteiger partial charge in [-0.25, -0.2) is 18.0 Å². The molecule has 0 heterocycles. The summed E-state index contributed by atoms with van der Waals surface area (Å²) in [6.45, 7) is 4.50. The van der Waals surface area contributed by atoms with Crippen LogP contribution in [0.1, 0.15) is 214 Å². The normalized spacial score (nSPS) is 11.7. The summed E-state index contributed by atoms with van der Waals surface area (Å²) in [7, 11) is -4.84. The molecule has 0 aromatic heterocycles. The van der Waals surface area contributed by atoms with Crippen molar-refractivity contribution in [2.75, 3.05) is 0 Å². The smallest absolute Gasteiger partial charge is 0.744 e. The van der Waals surface area contributed by atoms with Crippen LogP contribution < -0.4 is 51.4 Å². The molecule has 0 N–H and O–H groups in total. The van der Waals surface area contributed by atoms with Gasteiger partial charge in [-0.3, -0.25) is 0 Å². The van der Waals surface area contributed by atoms with Crippen molar-refractivity contribution in [3.63, 3.8) is 0 Å². The Labute approximate surface area is 354 Å². The second kappa shape index (κ2) is 34.9. The van der Waals surface area contributed by atoms with Crippen LogP contribution in [0.3, 0.4) is 0 Å². The number of unbranched alkanes of at least 4 members (excludes halogenated alkanes) is 26. The van der Waals surface area contributed by atoms with E-state index in [0.717, 1.165) is 56.7 Å². The molecule has 0 bridgehead atoms. The van der Waals surface area contributed by atoms with Crippen LogP contribution >= 0.6 is 0 Å². The van der Waals surface area contributed by atoms with Crippen LogP contribution in [0.4, 0.5) is 0 Å². The minimum atomic E-state index is -4.84. The molecule has 9 heteroatoms. The van der Waals surface area contributed by atoms with Crippen molar-refractivity contribution < 1.29 is 83.4 Å². The van der Waals surface area contributed by atoms with E-state index < -0.39 is 27.0 Å². The molecule has 0 aliphatic heterocycles. The molecule has 0 radical (unpaired) electrons. The molecule has 0 aliphatic rings. The van der Waals surface area contributed by atoms with Gasteiger partial charge in [0, 0.05) is 0 Å². The number of esters is 2. The van der Waals surface area contributed by atoms with Gasteiger partial charge in [-0.2, -0.15) is 0 Å². The van der Waals surface area contributed by atoms with E-state index in [4.69, 9.17) is 9.47 Å². The van der Waals surface area contributed by atoms with Crippen LogP contribution in [0.2, 0.25) is 0 Å². The first-order valence-corrected chi connectivity index (χ1v) is 21.5. The van der Waals surface area contributed by atoms with E-state index in [-0.39, 0.29) is 62.5 Å². The SMILES string of the molecule is CCCCCCCCCCCCCCC/C=C/OC(=O)c1ccc(S(=O)(=O)[O-])cc1C(=O)O/C=C/CCCCCCCCCCCCCCC.[K+]. The first-order valence-electron chi connectivity index (χ1n) is 20.1. The summed E-state index contributed by atoms with van der Waals surface area (Å²) in [5.41, 5.74) is -0.500. The minimum absolute atomic E-state index is 0. The Bertz CT molecular complexity index is 1180. The van der Waals surface area contributed by atoms with Crippen molar-refractivity contribution in [1.82, 2.24) is 0 Å². The van der Waals surface area contributed by atoms with Crippen LogP contribution in [0.5, 0.6) is 0 Å². The molecule has 0 aliphatic carbocycles. The Balaban J connectivity index is 0.0000250. The zero-order chi connectivity index (χ0) is 36.5. The van der Waals surface area contributed by atoms with E-state index in [1.807, 2.05) is 0 Å². The summed E-state index contributed by atoms with van der Waals surface area (Å²) in [5.74, 6) is -1.76. The molecule has 0 amide bonds. The average molecular weight is 757 g/mol. The summed E-state index contributed by atoms with van der Waals surface area (Å²) < 4.78 is 45.2. The summed E-state index contributed by atoms with van der Waals surface area (Å²) in [4.78, 5) is 25.0. The fourth-order valence-corrected chi connectivity index (χ4v) is 6.57. The Morgan fingerprint density at radius 2 is 0.843 bits per heavy atom. The van der Waals surface area contributed by atoms with Gasteiger partial charge in [0.2, 0.25) is 0 Å². The van der Waals surface area contributed by atoms with Gasteiger partial charge >= 0.3 is 63.3 Å². The molecule has 51 heavy (non-hydrogen) atoms. The fourth-order valence-electron chi connectivity index (χ4n) is 6.07. The molecule has 0 saturated carbocycles. The Hall–Kier alpha value is -0.814. The van der Waals surface area contributed by atoms with E-state index in [1.165, 1.54) is 154 Å². The van der Waals surface area contributed by atoms with Crippen molar-refractivity contribution in [2.24, 2.45) is 0 Å². The van der Waals surface area contributed by atoms with Gasteiger partial charge in [0.15, 0.2) is 0 Å². The maximum Gasteiger partial charge on any atom is 1.00 e. The monoisotopic (exact) mass is 756 g/mol. The van der Waals surface area contributed by atoms with Crippen LogP contribution in [0, 0.1) is 0 Å². The molecule has 0 fully saturated rings. The van der Waals surface area contributed by atoms with Crippen LogP contribution in [0.15, 0.2) is 47.8 Å². The van der Waals surface area contributed by atoms with Crippen LogP contribution in [-0.2, 0) is 19.6 Å². The Kier molecular flexibility index (Phi) is 34.4. The molecular formula is C42H69KO7S. The zero-order valence-electron chi connectivity index (χ0n) is 32.6. The average Bonchev–Trinajstić information content (AvgIpc) is 3.10. The number of rotatable bonds is 33. The van der Waals surface area contributed by atoms with Crippen molar-refractivity contribution in [3.8, 4) is 0 Å². The third-order valence-electron chi connectivity index (χ3n) is 9.21. The second-order valence-corrected chi connectivity index (χ2v) is 15.2. The van der Waals surface area contributed by atoms with Crippen molar-refractivity contribution >= 4 is 22.1 Å². The predicted molar refractivity (Wildman–Crippen MR) is 204 cm³/mol. The van der Waals surface area contributed by atoms with Crippen LogP contribution in [0.25, 0.3) is 0 Å². The predicted octanol–water partition coefficient (Wildman–Crippen LogP) is 9.90. The molecule has 0 unspecified atom stereocenters. The third-order valence-corrected chi connectivity index (χ3v) is 10.0. The number of carbonyl (C=O) groups is 2. The molecule has 0 atom stereocenters. The van der Waals surface area contributed by atoms with E-state index in [1.54, 1.807) is 12.2 Å². The van der Waals surface area contributed by atoms with E-state index in [9.17, 15) is 22.6 Å².